The highest BCUT2D eigenvalue weighted by Crippen LogP contribution is 2.25. The average molecular weight is 293 g/mol. The number of carboxylic acids is 1. The van der Waals surface area contributed by atoms with Crippen molar-refractivity contribution in [2.24, 2.45) is 5.92 Å². The quantitative estimate of drug-likeness (QED) is 0.819. The standard InChI is InChI=1S/C15H19NO3S/c17-14(10-20-11-6-2-1-3-7-11)16-13-9-5-4-8-12(13)15(18)19/h1-3,6-7,12-13H,4-5,8-10H2,(H,16,17)(H,18,19)/t12-,13-/m0/s1. The fourth-order valence-corrected chi connectivity index (χ4v) is 3.24. The summed E-state index contributed by atoms with van der Waals surface area (Å²) in [5.74, 6) is -0.996. The molecule has 1 aliphatic carbocycles. The van der Waals surface area contributed by atoms with Gasteiger partial charge in [-0.15, -0.1) is 11.8 Å². The maximum atomic E-state index is 11.9. The predicted octanol–water partition coefficient (Wildman–Crippen LogP) is 2.54. The number of thioether (sulfide) groups is 1. The predicted molar refractivity (Wildman–Crippen MR) is 78.7 cm³/mol. The largest absolute Gasteiger partial charge is 0.481 e. The molecule has 0 spiro atoms. The van der Waals surface area contributed by atoms with Gasteiger partial charge in [0.05, 0.1) is 11.7 Å². The Morgan fingerprint density at radius 3 is 2.60 bits per heavy atom. The van der Waals surface area contributed by atoms with Gasteiger partial charge in [0, 0.05) is 10.9 Å². The topological polar surface area (TPSA) is 66.4 Å². The Kier molecular flexibility index (Phi) is 5.47. The van der Waals surface area contributed by atoms with Crippen molar-refractivity contribution in [3.8, 4) is 0 Å². The van der Waals surface area contributed by atoms with Crippen LogP contribution in [0.4, 0.5) is 0 Å². The van der Waals surface area contributed by atoms with Crippen LogP contribution in [0.25, 0.3) is 0 Å². The van der Waals surface area contributed by atoms with Crippen LogP contribution in [0.5, 0.6) is 0 Å². The number of carboxylic acid groups (broad SMARTS) is 1. The van der Waals surface area contributed by atoms with Crippen LogP contribution in [-0.4, -0.2) is 28.8 Å². The molecule has 1 amide bonds. The molecule has 0 aliphatic heterocycles. The fourth-order valence-electron chi connectivity index (χ4n) is 2.51. The Labute approximate surface area is 123 Å². The van der Waals surface area contributed by atoms with Gasteiger partial charge in [0.25, 0.3) is 0 Å². The van der Waals surface area contributed by atoms with Crippen LogP contribution in [-0.2, 0) is 9.59 Å². The van der Waals surface area contributed by atoms with Gasteiger partial charge < -0.3 is 10.4 Å². The number of hydrogen-bond donors (Lipinski definition) is 2. The highest BCUT2D eigenvalue weighted by molar-refractivity contribution is 8.00. The van der Waals surface area contributed by atoms with Gasteiger partial charge in [0.15, 0.2) is 0 Å². The molecule has 0 saturated heterocycles. The van der Waals surface area contributed by atoms with Crippen LogP contribution in [0.2, 0.25) is 0 Å². The highest BCUT2D eigenvalue weighted by Gasteiger charge is 2.31. The number of carbonyl (C=O) groups is 2. The molecular weight excluding hydrogens is 274 g/mol. The Bertz CT molecular complexity index is 463. The molecule has 1 aromatic rings. The Hall–Kier alpha value is -1.49. The number of aliphatic carboxylic acids is 1. The van der Waals surface area contributed by atoms with Crippen LogP contribution in [0.1, 0.15) is 25.7 Å². The summed E-state index contributed by atoms with van der Waals surface area (Å²) >= 11 is 1.47. The third-order valence-electron chi connectivity index (χ3n) is 3.54. The summed E-state index contributed by atoms with van der Waals surface area (Å²) in [7, 11) is 0. The third kappa shape index (κ3) is 4.27. The van der Waals surface area contributed by atoms with Gasteiger partial charge in [-0.1, -0.05) is 31.0 Å². The van der Waals surface area contributed by atoms with E-state index in [9.17, 15) is 14.7 Å². The van der Waals surface area contributed by atoms with Crippen molar-refractivity contribution in [2.75, 3.05) is 5.75 Å². The lowest BCUT2D eigenvalue weighted by atomic mass is 9.84. The van der Waals surface area contributed by atoms with Gasteiger partial charge in [0.1, 0.15) is 0 Å². The monoisotopic (exact) mass is 293 g/mol. The van der Waals surface area contributed by atoms with Crippen molar-refractivity contribution in [3.05, 3.63) is 30.3 Å². The van der Waals surface area contributed by atoms with E-state index in [2.05, 4.69) is 5.32 Å². The molecule has 0 heterocycles. The average Bonchev–Trinajstić information content (AvgIpc) is 2.46. The molecule has 108 valence electrons. The normalized spacial score (nSPS) is 22.2. The second kappa shape index (κ2) is 7.33. The second-order valence-corrected chi connectivity index (χ2v) is 6.05. The summed E-state index contributed by atoms with van der Waals surface area (Å²) < 4.78 is 0. The number of rotatable bonds is 5. The van der Waals surface area contributed by atoms with E-state index >= 15 is 0 Å². The lowest BCUT2D eigenvalue weighted by molar-refractivity contribution is -0.144. The number of amides is 1. The van der Waals surface area contributed by atoms with Crippen LogP contribution in [0.15, 0.2) is 35.2 Å². The van der Waals surface area contributed by atoms with Crippen LogP contribution < -0.4 is 5.32 Å². The molecule has 1 aliphatic rings. The zero-order valence-electron chi connectivity index (χ0n) is 11.2. The molecule has 0 bridgehead atoms. The highest BCUT2D eigenvalue weighted by atomic mass is 32.2. The summed E-state index contributed by atoms with van der Waals surface area (Å²) in [6.07, 6.45) is 3.34. The molecule has 1 fully saturated rings. The minimum absolute atomic E-state index is 0.0861. The molecule has 1 aromatic carbocycles. The second-order valence-electron chi connectivity index (χ2n) is 5.00. The SMILES string of the molecule is O=C(CSc1ccccc1)N[C@H]1CCCC[C@@H]1C(=O)O. The zero-order chi connectivity index (χ0) is 14.4. The van der Waals surface area contributed by atoms with Gasteiger partial charge >= 0.3 is 5.97 Å². The van der Waals surface area contributed by atoms with E-state index in [4.69, 9.17) is 0 Å². The molecule has 2 rings (SSSR count). The summed E-state index contributed by atoms with van der Waals surface area (Å²) in [4.78, 5) is 24.1. The van der Waals surface area contributed by atoms with E-state index in [1.54, 1.807) is 0 Å². The molecule has 5 heteroatoms. The molecule has 2 atom stereocenters. The molecule has 4 nitrogen and oxygen atoms in total. The molecule has 0 aromatic heterocycles. The van der Waals surface area contributed by atoms with Gasteiger partial charge in [-0.3, -0.25) is 9.59 Å². The van der Waals surface area contributed by atoms with Crippen molar-refractivity contribution in [3.63, 3.8) is 0 Å². The Balaban J connectivity index is 1.82. The third-order valence-corrected chi connectivity index (χ3v) is 4.55. The minimum Gasteiger partial charge on any atom is -0.481 e. The van der Waals surface area contributed by atoms with E-state index in [-0.39, 0.29) is 11.9 Å². The van der Waals surface area contributed by atoms with E-state index in [0.29, 0.717) is 12.2 Å². The van der Waals surface area contributed by atoms with Crippen molar-refractivity contribution in [1.82, 2.24) is 5.32 Å². The minimum atomic E-state index is -0.800. The lowest BCUT2D eigenvalue weighted by Crippen LogP contribution is -2.45. The number of carbonyl (C=O) groups excluding carboxylic acids is 1. The van der Waals surface area contributed by atoms with Gasteiger partial charge in [-0.25, -0.2) is 0 Å². The van der Waals surface area contributed by atoms with Gasteiger partial charge in [0.2, 0.25) is 5.91 Å². The molecular formula is C15H19NO3S. The first-order valence-corrected chi connectivity index (χ1v) is 7.85. The van der Waals surface area contributed by atoms with Crippen LogP contribution in [0.3, 0.4) is 0 Å². The van der Waals surface area contributed by atoms with Gasteiger partial charge in [-0.2, -0.15) is 0 Å². The summed E-state index contributed by atoms with van der Waals surface area (Å²) in [5.41, 5.74) is 0. The first-order chi connectivity index (χ1) is 9.66. The summed E-state index contributed by atoms with van der Waals surface area (Å²) in [6.45, 7) is 0. The van der Waals surface area contributed by atoms with Crippen molar-refractivity contribution >= 4 is 23.6 Å². The van der Waals surface area contributed by atoms with Crippen molar-refractivity contribution in [1.29, 1.82) is 0 Å². The number of nitrogens with one attached hydrogen (secondary N) is 1. The summed E-state index contributed by atoms with van der Waals surface area (Å²) in [6, 6.07) is 9.50. The zero-order valence-corrected chi connectivity index (χ0v) is 12.1. The lowest BCUT2D eigenvalue weighted by Gasteiger charge is -2.29. The fraction of sp³-hybridized carbons (Fsp3) is 0.467. The Morgan fingerprint density at radius 1 is 1.20 bits per heavy atom. The van der Waals surface area contributed by atoms with Crippen molar-refractivity contribution in [2.45, 2.75) is 36.6 Å². The van der Waals surface area contributed by atoms with Crippen molar-refractivity contribution < 1.29 is 14.7 Å². The number of benzene rings is 1. The molecule has 1 saturated carbocycles. The van der Waals surface area contributed by atoms with E-state index < -0.39 is 11.9 Å². The first kappa shape index (κ1) is 14.9. The molecule has 0 radical (unpaired) electrons. The summed E-state index contributed by atoms with van der Waals surface area (Å²) in [5, 5.41) is 12.1. The Morgan fingerprint density at radius 2 is 1.90 bits per heavy atom. The van der Waals surface area contributed by atoms with Crippen LogP contribution >= 0.6 is 11.8 Å². The first-order valence-electron chi connectivity index (χ1n) is 6.87. The van der Waals surface area contributed by atoms with Gasteiger partial charge in [-0.05, 0) is 25.0 Å². The maximum absolute atomic E-state index is 11.9. The van der Waals surface area contributed by atoms with E-state index in [0.717, 1.165) is 24.2 Å². The maximum Gasteiger partial charge on any atom is 0.308 e. The number of hydrogen-bond acceptors (Lipinski definition) is 3. The van der Waals surface area contributed by atoms with E-state index in [1.807, 2.05) is 30.3 Å². The molecule has 0 unspecified atom stereocenters. The smallest absolute Gasteiger partial charge is 0.308 e. The van der Waals surface area contributed by atoms with E-state index in [1.165, 1.54) is 11.8 Å². The molecule has 2 N–H and O–H groups in total. The van der Waals surface area contributed by atoms with Crippen LogP contribution in [0, 0.1) is 5.92 Å². The molecule has 20 heavy (non-hydrogen) atoms.